The second kappa shape index (κ2) is 4.19. The zero-order chi connectivity index (χ0) is 10.0. The van der Waals surface area contributed by atoms with Gasteiger partial charge in [-0.05, 0) is 15.9 Å². The van der Waals surface area contributed by atoms with Gasteiger partial charge in [0.1, 0.15) is 0 Å². The van der Waals surface area contributed by atoms with E-state index in [4.69, 9.17) is 11.6 Å². The largest absolute Gasteiger partial charge is 0.352 e. The van der Waals surface area contributed by atoms with Gasteiger partial charge in [-0.2, -0.15) is 0 Å². The standard InChI is InChI=1S/C7H5BrClF2NO/c8-6-5(7(10)11)4(13)1-3(2-9)12-6/h1,7H,2H2,(H,12,13). The molecule has 0 bridgehead atoms. The number of rotatable bonds is 2. The summed E-state index contributed by atoms with van der Waals surface area (Å²) in [4.78, 5) is 13.6. The van der Waals surface area contributed by atoms with E-state index in [2.05, 4.69) is 20.9 Å². The van der Waals surface area contributed by atoms with E-state index in [1.807, 2.05) is 0 Å². The summed E-state index contributed by atoms with van der Waals surface area (Å²) >= 11 is 8.27. The van der Waals surface area contributed by atoms with Crippen LogP contribution in [0.4, 0.5) is 8.78 Å². The third kappa shape index (κ3) is 2.28. The van der Waals surface area contributed by atoms with Gasteiger partial charge in [0.15, 0.2) is 5.43 Å². The maximum Gasteiger partial charge on any atom is 0.270 e. The van der Waals surface area contributed by atoms with Gasteiger partial charge < -0.3 is 4.98 Å². The van der Waals surface area contributed by atoms with Crippen LogP contribution in [0.5, 0.6) is 0 Å². The molecule has 0 aliphatic rings. The van der Waals surface area contributed by atoms with Crippen LogP contribution in [-0.2, 0) is 5.88 Å². The summed E-state index contributed by atoms with van der Waals surface area (Å²) in [5, 5.41) is 0. The summed E-state index contributed by atoms with van der Waals surface area (Å²) in [7, 11) is 0. The minimum absolute atomic E-state index is 0.00866. The third-order valence-electron chi connectivity index (χ3n) is 1.44. The Morgan fingerprint density at radius 3 is 2.62 bits per heavy atom. The van der Waals surface area contributed by atoms with Crippen molar-refractivity contribution in [3.8, 4) is 0 Å². The summed E-state index contributed by atoms with van der Waals surface area (Å²) in [6.07, 6.45) is -2.79. The molecule has 0 saturated carbocycles. The fourth-order valence-electron chi connectivity index (χ4n) is 0.864. The molecule has 0 aromatic carbocycles. The molecule has 1 N–H and O–H groups in total. The number of aromatic amines is 1. The van der Waals surface area contributed by atoms with Gasteiger partial charge in [-0.3, -0.25) is 4.79 Å². The molecule has 1 rings (SSSR count). The van der Waals surface area contributed by atoms with Crippen LogP contribution in [0, 0.1) is 0 Å². The summed E-state index contributed by atoms with van der Waals surface area (Å²) in [5.41, 5.74) is -0.868. The van der Waals surface area contributed by atoms with Crippen molar-refractivity contribution in [3.05, 3.63) is 32.2 Å². The molecule has 1 aromatic rings. The van der Waals surface area contributed by atoms with Crippen molar-refractivity contribution in [3.63, 3.8) is 0 Å². The van der Waals surface area contributed by atoms with Gasteiger partial charge in [0.25, 0.3) is 6.43 Å². The van der Waals surface area contributed by atoms with E-state index in [0.29, 0.717) is 5.69 Å². The number of halogens is 4. The first kappa shape index (κ1) is 10.7. The molecule has 0 unspecified atom stereocenters. The Bertz CT molecular complexity index is 366. The Morgan fingerprint density at radius 2 is 2.23 bits per heavy atom. The van der Waals surface area contributed by atoms with Crippen molar-refractivity contribution in [2.75, 3.05) is 0 Å². The lowest BCUT2D eigenvalue weighted by atomic mass is 10.2. The molecule has 0 spiro atoms. The molecule has 0 saturated heterocycles. The first-order chi connectivity index (χ1) is 6.06. The highest BCUT2D eigenvalue weighted by molar-refractivity contribution is 9.10. The second-order valence-corrected chi connectivity index (χ2v) is 3.38. The highest BCUT2D eigenvalue weighted by atomic mass is 79.9. The molecule has 0 amide bonds. The van der Waals surface area contributed by atoms with Crippen molar-refractivity contribution >= 4 is 27.5 Å². The minimum Gasteiger partial charge on any atom is -0.352 e. The lowest BCUT2D eigenvalue weighted by Gasteiger charge is -2.03. The first-order valence-corrected chi connectivity index (χ1v) is 4.64. The van der Waals surface area contributed by atoms with Gasteiger partial charge in [0.05, 0.1) is 16.0 Å². The summed E-state index contributed by atoms with van der Waals surface area (Å²) in [6.45, 7) is 0. The molecular weight excluding hydrogens is 267 g/mol. The predicted octanol–water partition coefficient (Wildman–Crippen LogP) is 2.81. The van der Waals surface area contributed by atoms with Gasteiger partial charge in [0, 0.05) is 11.8 Å². The van der Waals surface area contributed by atoms with Crippen LogP contribution >= 0.6 is 27.5 Å². The molecule has 0 aliphatic carbocycles. The molecule has 0 aliphatic heterocycles. The molecular formula is C7H5BrClF2NO. The number of alkyl halides is 3. The van der Waals surface area contributed by atoms with E-state index in [9.17, 15) is 13.6 Å². The van der Waals surface area contributed by atoms with Crippen LogP contribution in [0.1, 0.15) is 17.7 Å². The molecule has 2 nitrogen and oxygen atoms in total. The van der Waals surface area contributed by atoms with E-state index in [-0.39, 0.29) is 10.5 Å². The monoisotopic (exact) mass is 271 g/mol. The van der Waals surface area contributed by atoms with Crippen molar-refractivity contribution in [1.29, 1.82) is 0 Å². The fraction of sp³-hybridized carbons (Fsp3) is 0.286. The molecule has 0 fully saturated rings. The number of H-pyrrole nitrogens is 1. The van der Waals surface area contributed by atoms with Crippen molar-refractivity contribution in [2.24, 2.45) is 0 Å². The van der Waals surface area contributed by atoms with Crippen molar-refractivity contribution < 1.29 is 8.78 Å². The van der Waals surface area contributed by atoms with E-state index in [1.54, 1.807) is 0 Å². The normalized spacial score (nSPS) is 10.8. The smallest absolute Gasteiger partial charge is 0.270 e. The Kier molecular flexibility index (Phi) is 3.44. The minimum atomic E-state index is -2.79. The lowest BCUT2D eigenvalue weighted by molar-refractivity contribution is 0.148. The van der Waals surface area contributed by atoms with Crippen LogP contribution in [-0.4, -0.2) is 4.98 Å². The predicted molar refractivity (Wildman–Crippen MR) is 49.3 cm³/mol. The summed E-state index contributed by atoms with van der Waals surface area (Å²) in [6, 6.07) is 1.07. The van der Waals surface area contributed by atoms with Gasteiger partial charge >= 0.3 is 0 Å². The van der Waals surface area contributed by atoms with Crippen LogP contribution in [0.15, 0.2) is 15.5 Å². The van der Waals surface area contributed by atoms with Crippen LogP contribution < -0.4 is 5.43 Å². The molecule has 0 atom stereocenters. The topological polar surface area (TPSA) is 32.9 Å². The highest BCUT2D eigenvalue weighted by Crippen LogP contribution is 2.22. The maximum absolute atomic E-state index is 12.2. The quantitative estimate of drug-likeness (QED) is 0.652. The number of nitrogens with one attached hydrogen (secondary N) is 1. The zero-order valence-corrected chi connectivity index (χ0v) is 8.62. The SMILES string of the molecule is O=c1cc(CCl)[nH]c(Br)c1C(F)F. The Hall–Kier alpha value is -0.420. The van der Waals surface area contributed by atoms with Gasteiger partial charge in [-0.15, -0.1) is 11.6 Å². The van der Waals surface area contributed by atoms with Crippen LogP contribution in [0.3, 0.4) is 0 Å². The molecule has 72 valence electrons. The van der Waals surface area contributed by atoms with Gasteiger partial charge in [0.2, 0.25) is 0 Å². The van der Waals surface area contributed by atoms with E-state index < -0.39 is 17.4 Å². The second-order valence-electron chi connectivity index (χ2n) is 2.32. The number of pyridine rings is 1. The van der Waals surface area contributed by atoms with Crippen molar-refractivity contribution in [2.45, 2.75) is 12.3 Å². The number of hydrogen-bond acceptors (Lipinski definition) is 1. The molecule has 6 heteroatoms. The van der Waals surface area contributed by atoms with Crippen LogP contribution in [0.25, 0.3) is 0 Å². The number of hydrogen-bond donors (Lipinski definition) is 1. The Labute approximate surface area is 86.0 Å². The third-order valence-corrected chi connectivity index (χ3v) is 2.35. The summed E-state index contributed by atoms with van der Waals surface area (Å²) in [5.74, 6) is 0.0807. The molecule has 1 aromatic heterocycles. The first-order valence-electron chi connectivity index (χ1n) is 3.32. The van der Waals surface area contributed by atoms with Gasteiger partial charge in [-0.1, -0.05) is 0 Å². The fourth-order valence-corrected chi connectivity index (χ4v) is 1.63. The lowest BCUT2D eigenvalue weighted by Crippen LogP contribution is -2.12. The van der Waals surface area contributed by atoms with E-state index in [1.165, 1.54) is 0 Å². The molecule has 0 radical (unpaired) electrons. The zero-order valence-electron chi connectivity index (χ0n) is 6.28. The summed E-state index contributed by atoms with van der Waals surface area (Å²) < 4.78 is 24.5. The van der Waals surface area contributed by atoms with Gasteiger partial charge in [-0.25, -0.2) is 8.78 Å². The average molecular weight is 272 g/mol. The Morgan fingerprint density at radius 1 is 1.62 bits per heavy atom. The molecule has 13 heavy (non-hydrogen) atoms. The van der Waals surface area contributed by atoms with E-state index >= 15 is 0 Å². The van der Waals surface area contributed by atoms with E-state index in [0.717, 1.165) is 6.07 Å². The highest BCUT2D eigenvalue weighted by Gasteiger charge is 2.16. The average Bonchev–Trinajstić information content (AvgIpc) is 2.02. The van der Waals surface area contributed by atoms with Crippen molar-refractivity contribution in [1.82, 2.24) is 4.98 Å². The maximum atomic E-state index is 12.2. The number of aromatic nitrogens is 1. The van der Waals surface area contributed by atoms with Crippen LogP contribution in [0.2, 0.25) is 0 Å². The molecule has 1 heterocycles. The Balaban J connectivity index is 3.32.